The van der Waals surface area contributed by atoms with Gasteiger partial charge in [0, 0.05) is 0 Å². The molecule has 17 heavy (non-hydrogen) atoms. The van der Waals surface area contributed by atoms with Crippen LogP contribution in [0.3, 0.4) is 0 Å². The van der Waals surface area contributed by atoms with Crippen molar-refractivity contribution in [3.05, 3.63) is 0 Å². The molecule has 1 aliphatic heterocycles. The fourth-order valence-electron chi connectivity index (χ4n) is 2.56. The minimum Gasteiger partial charge on any atom is -0.292 e. The van der Waals surface area contributed by atoms with Crippen molar-refractivity contribution in [1.29, 1.82) is 0 Å². The number of nitrogens with zero attached hydrogens (tertiary/aromatic N) is 1. The van der Waals surface area contributed by atoms with E-state index in [0.29, 0.717) is 25.9 Å². The Morgan fingerprint density at radius 2 is 1.71 bits per heavy atom. The van der Waals surface area contributed by atoms with E-state index in [-0.39, 0.29) is 0 Å². The second kappa shape index (κ2) is 7.24. The highest BCUT2D eigenvalue weighted by molar-refractivity contribution is 4.84. The summed E-state index contributed by atoms with van der Waals surface area (Å²) in [4.78, 5) is 1.62. The van der Waals surface area contributed by atoms with Gasteiger partial charge in [-0.2, -0.15) is 13.2 Å². The smallest absolute Gasteiger partial charge is 0.292 e. The molecule has 0 aromatic carbocycles. The molecule has 0 aromatic rings. The molecule has 1 aliphatic rings. The van der Waals surface area contributed by atoms with Gasteiger partial charge in [0.2, 0.25) is 0 Å². The topological polar surface area (TPSA) is 3.24 Å². The standard InChI is InChI=1S/C13H24F3N/c1-2-3-4-5-6-7-10-17-11-8-9-12(17)13(14,15)16/h12H,2-11H2,1H3/t12-/m0/s1. The highest BCUT2D eigenvalue weighted by Gasteiger charge is 2.45. The third-order valence-corrected chi connectivity index (χ3v) is 3.54. The fourth-order valence-corrected chi connectivity index (χ4v) is 2.56. The monoisotopic (exact) mass is 251 g/mol. The van der Waals surface area contributed by atoms with Crippen LogP contribution >= 0.6 is 0 Å². The quantitative estimate of drug-likeness (QED) is 0.607. The first-order valence-corrected chi connectivity index (χ1v) is 6.86. The second-order valence-electron chi connectivity index (χ2n) is 5.00. The third-order valence-electron chi connectivity index (χ3n) is 3.54. The number of likely N-dealkylation sites (tertiary alicyclic amines) is 1. The molecule has 102 valence electrons. The van der Waals surface area contributed by atoms with Gasteiger partial charge in [0.05, 0.1) is 0 Å². The van der Waals surface area contributed by atoms with Gasteiger partial charge < -0.3 is 0 Å². The molecule has 1 heterocycles. The van der Waals surface area contributed by atoms with Crippen LogP contribution in [0.5, 0.6) is 0 Å². The number of rotatable bonds is 7. The van der Waals surface area contributed by atoms with E-state index in [1.165, 1.54) is 25.7 Å². The molecular weight excluding hydrogens is 227 g/mol. The zero-order valence-electron chi connectivity index (χ0n) is 10.7. The Balaban J connectivity index is 2.14. The average Bonchev–Trinajstić information content (AvgIpc) is 2.71. The molecule has 0 unspecified atom stereocenters. The van der Waals surface area contributed by atoms with Crippen molar-refractivity contribution in [2.75, 3.05) is 13.1 Å². The van der Waals surface area contributed by atoms with E-state index < -0.39 is 12.2 Å². The number of halogens is 3. The minimum absolute atomic E-state index is 0.291. The Hall–Kier alpha value is -0.250. The average molecular weight is 251 g/mol. The van der Waals surface area contributed by atoms with Crippen LogP contribution < -0.4 is 0 Å². The van der Waals surface area contributed by atoms with Gasteiger partial charge >= 0.3 is 6.18 Å². The summed E-state index contributed by atoms with van der Waals surface area (Å²) in [5, 5.41) is 0. The lowest BCUT2D eigenvalue weighted by molar-refractivity contribution is -0.175. The second-order valence-corrected chi connectivity index (χ2v) is 5.00. The van der Waals surface area contributed by atoms with Crippen molar-refractivity contribution in [3.8, 4) is 0 Å². The first-order valence-electron chi connectivity index (χ1n) is 6.86. The Morgan fingerprint density at radius 1 is 1.06 bits per heavy atom. The van der Waals surface area contributed by atoms with E-state index in [9.17, 15) is 13.2 Å². The van der Waals surface area contributed by atoms with E-state index in [1.54, 1.807) is 4.90 Å². The molecular formula is C13H24F3N. The number of unbranched alkanes of at least 4 members (excludes halogenated alkanes) is 5. The molecule has 0 spiro atoms. The van der Waals surface area contributed by atoms with E-state index in [0.717, 1.165) is 12.8 Å². The van der Waals surface area contributed by atoms with Gasteiger partial charge in [-0.1, -0.05) is 39.0 Å². The van der Waals surface area contributed by atoms with Crippen LogP contribution in [-0.2, 0) is 0 Å². The summed E-state index contributed by atoms with van der Waals surface area (Å²) < 4.78 is 37.9. The molecule has 0 bridgehead atoms. The molecule has 0 radical (unpaired) electrons. The van der Waals surface area contributed by atoms with Gasteiger partial charge in [-0.25, -0.2) is 0 Å². The van der Waals surface area contributed by atoms with Crippen LogP contribution in [0, 0.1) is 0 Å². The van der Waals surface area contributed by atoms with Gasteiger partial charge in [0.1, 0.15) is 6.04 Å². The molecule has 1 nitrogen and oxygen atoms in total. The Labute approximate surface area is 102 Å². The Bertz CT molecular complexity index is 203. The van der Waals surface area contributed by atoms with Crippen LogP contribution in [-0.4, -0.2) is 30.2 Å². The van der Waals surface area contributed by atoms with Crippen molar-refractivity contribution >= 4 is 0 Å². The van der Waals surface area contributed by atoms with Crippen molar-refractivity contribution in [1.82, 2.24) is 4.90 Å². The molecule has 0 aliphatic carbocycles. The number of alkyl halides is 3. The highest BCUT2D eigenvalue weighted by atomic mass is 19.4. The lowest BCUT2D eigenvalue weighted by Gasteiger charge is -2.26. The lowest BCUT2D eigenvalue weighted by atomic mass is 10.1. The predicted molar refractivity (Wildman–Crippen MR) is 64.0 cm³/mol. The van der Waals surface area contributed by atoms with Gasteiger partial charge in [0.25, 0.3) is 0 Å². The predicted octanol–water partition coefficient (Wildman–Crippen LogP) is 4.37. The first kappa shape index (κ1) is 14.8. The zero-order chi connectivity index (χ0) is 12.7. The summed E-state index contributed by atoms with van der Waals surface area (Å²) in [5.41, 5.74) is 0. The molecule has 0 aromatic heterocycles. The summed E-state index contributed by atoms with van der Waals surface area (Å²) in [6.45, 7) is 3.41. The van der Waals surface area contributed by atoms with E-state index in [1.807, 2.05) is 0 Å². The first-order chi connectivity index (χ1) is 8.05. The maximum absolute atomic E-state index is 12.6. The fraction of sp³-hybridized carbons (Fsp3) is 1.00. The third kappa shape index (κ3) is 5.28. The molecule has 4 heteroatoms. The number of hydrogen-bond acceptors (Lipinski definition) is 1. The van der Waals surface area contributed by atoms with E-state index in [2.05, 4.69) is 6.92 Å². The van der Waals surface area contributed by atoms with E-state index >= 15 is 0 Å². The molecule has 1 fully saturated rings. The maximum Gasteiger partial charge on any atom is 0.404 e. The van der Waals surface area contributed by atoms with Gasteiger partial charge in [0.15, 0.2) is 0 Å². The van der Waals surface area contributed by atoms with Gasteiger partial charge in [-0.05, 0) is 32.4 Å². The van der Waals surface area contributed by atoms with Crippen molar-refractivity contribution in [2.45, 2.75) is 70.5 Å². The SMILES string of the molecule is CCCCCCCCN1CCC[C@H]1C(F)(F)F. The number of hydrogen-bond donors (Lipinski definition) is 0. The van der Waals surface area contributed by atoms with Gasteiger partial charge in [-0.3, -0.25) is 4.90 Å². The maximum atomic E-state index is 12.6. The molecule has 1 atom stereocenters. The summed E-state index contributed by atoms with van der Waals surface area (Å²) in [7, 11) is 0. The largest absolute Gasteiger partial charge is 0.404 e. The summed E-state index contributed by atoms with van der Waals surface area (Å²) in [5.74, 6) is 0. The van der Waals surface area contributed by atoms with Gasteiger partial charge in [-0.15, -0.1) is 0 Å². The van der Waals surface area contributed by atoms with Crippen molar-refractivity contribution in [2.24, 2.45) is 0 Å². The van der Waals surface area contributed by atoms with E-state index in [4.69, 9.17) is 0 Å². The van der Waals surface area contributed by atoms with Crippen LogP contribution in [0.4, 0.5) is 13.2 Å². The Kier molecular flexibility index (Phi) is 6.31. The van der Waals surface area contributed by atoms with Crippen LogP contribution in [0.1, 0.15) is 58.3 Å². The molecule has 0 amide bonds. The Morgan fingerprint density at radius 3 is 2.35 bits per heavy atom. The zero-order valence-corrected chi connectivity index (χ0v) is 10.7. The molecule has 1 rings (SSSR count). The van der Waals surface area contributed by atoms with Crippen LogP contribution in [0.2, 0.25) is 0 Å². The summed E-state index contributed by atoms with van der Waals surface area (Å²) in [6, 6.07) is -1.17. The van der Waals surface area contributed by atoms with Crippen LogP contribution in [0.25, 0.3) is 0 Å². The highest BCUT2D eigenvalue weighted by Crippen LogP contribution is 2.32. The molecule has 1 saturated heterocycles. The van der Waals surface area contributed by atoms with Crippen molar-refractivity contribution < 1.29 is 13.2 Å². The van der Waals surface area contributed by atoms with Crippen molar-refractivity contribution in [3.63, 3.8) is 0 Å². The summed E-state index contributed by atoms with van der Waals surface area (Å²) >= 11 is 0. The summed E-state index contributed by atoms with van der Waals surface area (Å²) in [6.07, 6.45) is 3.78. The van der Waals surface area contributed by atoms with Crippen LogP contribution in [0.15, 0.2) is 0 Å². The molecule has 0 N–H and O–H groups in total. The lowest BCUT2D eigenvalue weighted by Crippen LogP contribution is -2.41. The normalized spacial score (nSPS) is 22.2. The molecule has 0 saturated carbocycles. The minimum atomic E-state index is -4.03.